The maximum atomic E-state index is 10.7. The van der Waals surface area contributed by atoms with E-state index in [0.29, 0.717) is 5.75 Å². The van der Waals surface area contributed by atoms with E-state index in [0.717, 1.165) is 11.1 Å². The van der Waals surface area contributed by atoms with E-state index in [1.165, 1.54) is 18.7 Å². The predicted octanol–water partition coefficient (Wildman–Crippen LogP) is 2.61. The molecule has 17 heavy (non-hydrogen) atoms. The number of carbonyl (C=O) groups excluding carboxylic acids is 1. The second kappa shape index (κ2) is 6.91. The fraction of sp³-hybridized carbons (Fsp3) is 0.231. The molecule has 0 saturated carbocycles. The second-order valence-electron chi connectivity index (χ2n) is 3.52. The molecule has 0 aliphatic heterocycles. The fourth-order valence-electron chi connectivity index (χ4n) is 1.33. The maximum Gasteiger partial charge on any atom is 0.307 e. The van der Waals surface area contributed by atoms with Crippen LogP contribution in [0.3, 0.4) is 0 Å². The molecule has 0 fully saturated rings. The van der Waals surface area contributed by atoms with Gasteiger partial charge in [0.1, 0.15) is 0 Å². The third-order valence-corrected chi connectivity index (χ3v) is 2.77. The van der Waals surface area contributed by atoms with Crippen LogP contribution in [-0.4, -0.2) is 21.9 Å². The van der Waals surface area contributed by atoms with Crippen molar-refractivity contribution in [2.75, 3.05) is 5.75 Å². The molecule has 0 aliphatic rings. The molecule has 0 aromatic heterocycles. The summed E-state index contributed by atoms with van der Waals surface area (Å²) in [5, 5.41) is 8.77. The predicted molar refractivity (Wildman–Crippen MR) is 70.0 cm³/mol. The number of hydrogen-bond donors (Lipinski definition) is 1. The molecule has 0 atom stereocenters. The monoisotopic (exact) mass is 250 g/mol. The summed E-state index contributed by atoms with van der Waals surface area (Å²) in [6, 6.07) is 7.36. The molecule has 0 saturated heterocycles. The normalized spacial score (nSPS) is 10.6. The van der Waals surface area contributed by atoms with Gasteiger partial charge in [-0.1, -0.05) is 48.2 Å². The van der Waals surface area contributed by atoms with Crippen LogP contribution in [0.25, 0.3) is 6.08 Å². The molecule has 1 N–H and O–H groups in total. The van der Waals surface area contributed by atoms with Gasteiger partial charge in [0.05, 0.1) is 6.42 Å². The third-order valence-electron chi connectivity index (χ3n) is 2.00. The molecule has 90 valence electrons. The van der Waals surface area contributed by atoms with Crippen LogP contribution in [0, 0.1) is 0 Å². The van der Waals surface area contributed by atoms with E-state index >= 15 is 0 Å². The Morgan fingerprint density at radius 1 is 1.41 bits per heavy atom. The molecular weight excluding hydrogens is 236 g/mol. The number of hydrogen-bond acceptors (Lipinski definition) is 3. The lowest BCUT2D eigenvalue weighted by Gasteiger charge is -1.99. The van der Waals surface area contributed by atoms with Crippen molar-refractivity contribution >= 4 is 28.9 Å². The van der Waals surface area contributed by atoms with E-state index in [1.807, 2.05) is 30.4 Å². The highest BCUT2D eigenvalue weighted by Crippen LogP contribution is 2.09. The number of carboxylic acids is 1. The molecule has 0 aliphatic carbocycles. The van der Waals surface area contributed by atoms with Crippen molar-refractivity contribution in [2.45, 2.75) is 13.3 Å². The van der Waals surface area contributed by atoms with Gasteiger partial charge in [0.2, 0.25) is 0 Å². The summed E-state index contributed by atoms with van der Waals surface area (Å²) >= 11 is 1.25. The van der Waals surface area contributed by atoms with E-state index in [4.69, 9.17) is 5.11 Å². The summed E-state index contributed by atoms with van der Waals surface area (Å²) in [7, 11) is 0. The molecule has 3 nitrogen and oxygen atoms in total. The minimum absolute atomic E-state index is 0.0316. The lowest BCUT2D eigenvalue weighted by Crippen LogP contribution is -1.99. The minimum atomic E-state index is -0.835. The van der Waals surface area contributed by atoms with Crippen LogP contribution in [0.4, 0.5) is 0 Å². The lowest BCUT2D eigenvalue weighted by atomic mass is 10.1. The Morgan fingerprint density at radius 3 is 2.82 bits per heavy atom. The van der Waals surface area contributed by atoms with Gasteiger partial charge in [-0.25, -0.2) is 0 Å². The fourth-order valence-corrected chi connectivity index (χ4v) is 1.76. The standard InChI is InChI=1S/C13H14O3S/c1-10(14)17-7-3-6-11-4-2-5-12(8-11)9-13(15)16/h2-6,8H,7,9H2,1H3,(H,15,16). The Bertz CT molecular complexity index is 438. The Hall–Kier alpha value is -1.55. The lowest BCUT2D eigenvalue weighted by molar-refractivity contribution is -0.136. The van der Waals surface area contributed by atoms with Crippen molar-refractivity contribution in [2.24, 2.45) is 0 Å². The van der Waals surface area contributed by atoms with Gasteiger partial charge in [0.15, 0.2) is 5.12 Å². The molecular formula is C13H14O3S. The smallest absolute Gasteiger partial charge is 0.307 e. The number of aliphatic carboxylic acids is 1. The quantitative estimate of drug-likeness (QED) is 0.872. The number of carboxylic acid groups (broad SMARTS) is 1. The summed E-state index contributed by atoms with van der Waals surface area (Å²) < 4.78 is 0. The van der Waals surface area contributed by atoms with Crippen molar-refractivity contribution in [3.63, 3.8) is 0 Å². The molecule has 0 spiro atoms. The highest BCUT2D eigenvalue weighted by Gasteiger charge is 1.99. The van der Waals surface area contributed by atoms with Crippen LogP contribution in [-0.2, 0) is 16.0 Å². The van der Waals surface area contributed by atoms with Crippen LogP contribution < -0.4 is 0 Å². The first-order valence-electron chi connectivity index (χ1n) is 5.18. The van der Waals surface area contributed by atoms with Gasteiger partial charge in [-0.2, -0.15) is 0 Å². The molecule has 0 amide bonds. The van der Waals surface area contributed by atoms with Crippen LogP contribution in [0.15, 0.2) is 30.3 Å². The number of rotatable bonds is 5. The van der Waals surface area contributed by atoms with Gasteiger partial charge >= 0.3 is 5.97 Å². The average Bonchev–Trinajstić information content (AvgIpc) is 2.24. The number of benzene rings is 1. The van der Waals surface area contributed by atoms with E-state index < -0.39 is 5.97 Å². The molecule has 0 unspecified atom stereocenters. The summed E-state index contributed by atoms with van der Waals surface area (Å²) in [6.07, 6.45) is 3.82. The first kappa shape index (κ1) is 13.5. The van der Waals surface area contributed by atoms with E-state index in [1.54, 1.807) is 6.07 Å². The summed E-state index contributed by atoms with van der Waals surface area (Å²) in [5.41, 5.74) is 1.73. The third kappa shape index (κ3) is 5.92. The zero-order valence-corrected chi connectivity index (χ0v) is 10.4. The number of thioether (sulfide) groups is 1. The molecule has 0 heterocycles. The van der Waals surface area contributed by atoms with E-state index in [-0.39, 0.29) is 11.5 Å². The average molecular weight is 250 g/mol. The Morgan fingerprint density at radius 2 is 2.18 bits per heavy atom. The van der Waals surface area contributed by atoms with Gasteiger partial charge in [-0.15, -0.1) is 0 Å². The summed E-state index contributed by atoms with van der Waals surface area (Å²) in [5.74, 6) is -0.198. The Labute approximate surface area is 105 Å². The zero-order chi connectivity index (χ0) is 12.7. The van der Waals surface area contributed by atoms with Gasteiger partial charge in [0.25, 0.3) is 0 Å². The number of carbonyl (C=O) groups is 2. The van der Waals surface area contributed by atoms with Crippen molar-refractivity contribution in [3.05, 3.63) is 41.5 Å². The van der Waals surface area contributed by atoms with Gasteiger partial charge in [0, 0.05) is 12.7 Å². The topological polar surface area (TPSA) is 54.4 Å². The molecule has 1 aromatic carbocycles. The zero-order valence-electron chi connectivity index (χ0n) is 9.55. The van der Waals surface area contributed by atoms with Crippen molar-refractivity contribution < 1.29 is 14.7 Å². The maximum absolute atomic E-state index is 10.7. The highest BCUT2D eigenvalue weighted by molar-refractivity contribution is 8.13. The van der Waals surface area contributed by atoms with Crippen molar-refractivity contribution in [1.29, 1.82) is 0 Å². The van der Waals surface area contributed by atoms with Gasteiger partial charge in [-0.3, -0.25) is 9.59 Å². The molecule has 0 bridgehead atoms. The minimum Gasteiger partial charge on any atom is -0.481 e. The van der Waals surface area contributed by atoms with Crippen LogP contribution >= 0.6 is 11.8 Å². The van der Waals surface area contributed by atoms with Crippen molar-refractivity contribution in [1.82, 2.24) is 0 Å². The van der Waals surface area contributed by atoms with Crippen LogP contribution in [0.2, 0.25) is 0 Å². The largest absolute Gasteiger partial charge is 0.481 e. The molecule has 4 heteroatoms. The molecule has 0 radical (unpaired) electrons. The highest BCUT2D eigenvalue weighted by atomic mass is 32.2. The van der Waals surface area contributed by atoms with Crippen LogP contribution in [0.1, 0.15) is 18.1 Å². The summed E-state index contributed by atoms with van der Waals surface area (Å²) in [6.45, 7) is 1.53. The first-order valence-corrected chi connectivity index (χ1v) is 6.17. The Balaban J connectivity index is 2.59. The summed E-state index contributed by atoms with van der Waals surface area (Å²) in [4.78, 5) is 21.3. The first-order chi connectivity index (χ1) is 8.08. The van der Waals surface area contributed by atoms with E-state index in [9.17, 15) is 9.59 Å². The van der Waals surface area contributed by atoms with Gasteiger partial charge in [-0.05, 0) is 11.1 Å². The molecule has 1 aromatic rings. The van der Waals surface area contributed by atoms with Gasteiger partial charge < -0.3 is 5.11 Å². The van der Waals surface area contributed by atoms with E-state index in [2.05, 4.69) is 0 Å². The van der Waals surface area contributed by atoms with Crippen LogP contribution in [0.5, 0.6) is 0 Å². The van der Waals surface area contributed by atoms with Crippen molar-refractivity contribution in [3.8, 4) is 0 Å². The second-order valence-corrected chi connectivity index (χ2v) is 4.72. The Kier molecular flexibility index (Phi) is 5.49. The molecule has 1 rings (SSSR count). The SMILES string of the molecule is CC(=O)SCC=Cc1cccc(CC(=O)O)c1.